The number of pyridine rings is 1. The predicted octanol–water partition coefficient (Wildman–Crippen LogP) is 0.492. The van der Waals surface area contributed by atoms with Crippen molar-refractivity contribution >= 4 is 15.7 Å². The van der Waals surface area contributed by atoms with Crippen LogP contribution in [0.5, 0.6) is 0 Å². The molecule has 0 aromatic carbocycles. The maximum absolute atomic E-state index is 11.8. The maximum Gasteiger partial charge on any atom is 0.249 e. The van der Waals surface area contributed by atoms with Gasteiger partial charge < -0.3 is 10.6 Å². The highest BCUT2D eigenvalue weighted by molar-refractivity contribution is 7.90. The largest absolute Gasteiger partial charge is 0.367 e. The molecular formula is C13H15N3O3S. The van der Waals surface area contributed by atoms with Crippen molar-refractivity contribution in [3.63, 3.8) is 0 Å². The lowest BCUT2D eigenvalue weighted by molar-refractivity contribution is -0.117. The highest BCUT2D eigenvalue weighted by atomic mass is 32.2. The molecule has 1 aromatic rings. The summed E-state index contributed by atoms with van der Waals surface area (Å²) in [5, 5.41) is 5.59. The van der Waals surface area contributed by atoms with Crippen LogP contribution in [0.1, 0.15) is 12.1 Å². The zero-order chi connectivity index (χ0) is 14.6. The lowest BCUT2D eigenvalue weighted by Crippen LogP contribution is -2.26. The molecule has 0 fully saturated rings. The molecule has 20 heavy (non-hydrogen) atoms. The predicted molar refractivity (Wildman–Crippen MR) is 74.2 cm³/mol. The number of hydrogen-bond donors (Lipinski definition) is 2. The summed E-state index contributed by atoms with van der Waals surface area (Å²) in [6, 6.07) is 3.07. The Kier molecular flexibility index (Phi) is 4.19. The average molecular weight is 293 g/mol. The molecular weight excluding hydrogens is 278 g/mol. The molecule has 0 unspecified atom stereocenters. The molecule has 0 atom stereocenters. The van der Waals surface area contributed by atoms with E-state index in [1.165, 1.54) is 12.3 Å². The molecule has 1 aromatic heterocycles. The monoisotopic (exact) mass is 293 g/mol. The zero-order valence-electron chi connectivity index (χ0n) is 11.0. The van der Waals surface area contributed by atoms with E-state index in [0.29, 0.717) is 17.7 Å². The molecule has 6 nitrogen and oxygen atoms in total. The standard InChI is InChI=1S/C13H15N3O3S/c1-20(18,19)12-5-4-11(15-9-12)8-16-13(17)10-3-2-6-14-7-10/h2,4-7,9,14H,3,8H2,1H3,(H,16,17). The Morgan fingerprint density at radius 3 is 2.80 bits per heavy atom. The van der Waals surface area contributed by atoms with Gasteiger partial charge in [-0.15, -0.1) is 0 Å². The van der Waals surface area contributed by atoms with Gasteiger partial charge in [0.1, 0.15) is 0 Å². The molecule has 2 heterocycles. The highest BCUT2D eigenvalue weighted by Gasteiger charge is 2.10. The van der Waals surface area contributed by atoms with E-state index in [1.807, 2.05) is 6.08 Å². The number of dihydropyridines is 1. The summed E-state index contributed by atoms with van der Waals surface area (Å²) in [7, 11) is -3.24. The zero-order valence-corrected chi connectivity index (χ0v) is 11.8. The fourth-order valence-electron chi connectivity index (χ4n) is 1.64. The molecule has 1 aliphatic rings. The fourth-order valence-corrected chi connectivity index (χ4v) is 2.20. The van der Waals surface area contributed by atoms with E-state index in [9.17, 15) is 13.2 Å². The van der Waals surface area contributed by atoms with Gasteiger partial charge in [0.25, 0.3) is 0 Å². The van der Waals surface area contributed by atoms with Crippen LogP contribution >= 0.6 is 0 Å². The summed E-state index contributed by atoms with van der Waals surface area (Å²) in [5.74, 6) is -0.171. The van der Waals surface area contributed by atoms with Crippen molar-refractivity contribution in [1.82, 2.24) is 15.6 Å². The lowest BCUT2D eigenvalue weighted by atomic mass is 10.1. The first-order chi connectivity index (χ1) is 9.47. The number of hydrogen-bond acceptors (Lipinski definition) is 5. The Morgan fingerprint density at radius 2 is 2.25 bits per heavy atom. The van der Waals surface area contributed by atoms with Crippen LogP contribution in [0.3, 0.4) is 0 Å². The minimum atomic E-state index is -3.24. The Morgan fingerprint density at radius 1 is 1.45 bits per heavy atom. The number of nitrogens with one attached hydrogen (secondary N) is 2. The van der Waals surface area contributed by atoms with Crippen LogP contribution in [-0.4, -0.2) is 25.6 Å². The van der Waals surface area contributed by atoms with Gasteiger partial charge in [-0.3, -0.25) is 9.78 Å². The highest BCUT2D eigenvalue weighted by Crippen LogP contribution is 2.08. The molecule has 0 aliphatic carbocycles. The van der Waals surface area contributed by atoms with Crippen LogP contribution in [0.25, 0.3) is 0 Å². The lowest BCUT2D eigenvalue weighted by Gasteiger charge is -2.10. The topological polar surface area (TPSA) is 88.2 Å². The SMILES string of the molecule is CS(=O)(=O)c1ccc(CNC(=O)C2=CNC=CC2)nc1. The average Bonchev–Trinajstić information content (AvgIpc) is 2.45. The molecule has 1 aliphatic heterocycles. The third-order valence-electron chi connectivity index (χ3n) is 2.76. The van der Waals surface area contributed by atoms with Crippen LogP contribution in [-0.2, 0) is 21.2 Å². The second-order valence-electron chi connectivity index (χ2n) is 4.38. The van der Waals surface area contributed by atoms with Crippen molar-refractivity contribution in [2.75, 3.05) is 6.26 Å². The van der Waals surface area contributed by atoms with Crippen LogP contribution in [0.4, 0.5) is 0 Å². The number of carbonyl (C=O) groups is 1. The number of aromatic nitrogens is 1. The second-order valence-corrected chi connectivity index (χ2v) is 6.40. The van der Waals surface area contributed by atoms with Crippen molar-refractivity contribution in [3.05, 3.63) is 48.1 Å². The summed E-state index contributed by atoms with van der Waals surface area (Å²) >= 11 is 0. The van der Waals surface area contributed by atoms with Gasteiger partial charge in [0.2, 0.25) is 5.91 Å². The van der Waals surface area contributed by atoms with Crippen molar-refractivity contribution in [2.24, 2.45) is 0 Å². The molecule has 1 amide bonds. The minimum absolute atomic E-state index is 0.164. The number of carbonyl (C=O) groups excluding carboxylic acids is 1. The smallest absolute Gasteiger partial charge is 0.249 e. The fraction of sp³-hybridized carbons (Fsp3) is 0.231. The Hall–Kier alpha value is -2.15. The van der Waals surface area contributed by atoms with Gasteiger partial charge in [0.05, 0.1) is 17.1 Å². The van der Waals surface area contributed by atoms with E-state index in [-0.39, 0.29) is 17.3 Å². The number of rotatable bonds is 4. The summed E-state index contributed by atoms with van der Waals surface area (Å²) < 4.78 is 22.6. The molecule has 106 valence electrons. The quantitative estimate of drug-likeness (QED) is 0.843. The van der Waals surface area contributed by atoms with Gasteiger partial charge in [-0.25, -0.2) is 8.42 Å². The molecule has 2 N–H and O–H groups in total. The van der Waals surface area contributed by atoms with Crippen molar-refractivity contribution in [3.8, 4) is 0 Å². The van der Waals surface area contributed by atoms with Crippen LogP contribution in [0.2, 0.25) is 0 Å². The van der Waals surface area contributed by atoms with Crippen molar-refractivity contribution < 1.29 is 13.2 Å². The summed E-state index contributed by atoms with van der Waals surface area (Å²) in [6.07, 6.45) is 8.27. The molecule has 2 rings (SSSR count). The van der Waals surface area contributed by atoms with Gasteiger partial charge in [-0.2, -0.15) is 0 Å². The molecule has 7 heteroatoms. The first-order valence-electron chi connectivity index (χ1n) is 6.00. The van der Waals surface area contributed by atoms with E-state index in [0.717, 1.165) is 6.26 Å². The minimum Gasteiger partial charge on any atom is -0.367 e. The van der Waals surface area contributed by atoms with E-state index < -0.39 is 9.84 Å². The normalized spacial score (nSPS) is 14.3. The summed E-state index contributed by atoms with van der Waals surface area (Å²) in [4.78, 5) is 16.0. The number of sulfone groups is 1. The van der Waals surface area contributed by atoms with Crippen LogP contribution in [0, 0.1) is 0 Å². The molecule has 0 radical (unpaired) electrons. The number of allylic oxidation sites excluding steroid dienone is 1. The first kappa shape index (κ1) is 14.3. The van der Waals surface area contributed by atoms with Gasteiger partial charge in [-0.05, 0) is 24.8 Å². The van der Waals surface area contributed by atoms with E-state index in [2.05, 4.69) is 15.6 Å². The maximum atomic E-state index is 11.8. The second kappa shape index (κ2) is 5.87. The first-order valence-corrected chi connectivity index (χ1v) is 7.89. The van der Waals surface area contributed by atoms with Gasteiger partial charge in [-0.1, -0.05) is 6.08 Å². The number of amides is 1. The van der Waals surface area contributed by atoms with Gasteiger partial charge >= 0.3 is 0 Å². The van der Waals surface area contributed by atoms with E-state index >= 15 is 0 Å². The Balaban J connectivity index is 1.94. The Bertz CT molecular complexity index is 661. The summed E-state index contributed by atoms with van der Waals surface area (Å²) in [6.45, 7) is 0.254. The summed E-state index contributed by atoms with van der Waals surface area (Å²) in [5.41, 5.74) is 1.24. The third-order valence-corrected chi connectivity index (χ3v) is 3.85. The molecule has 0 saturated carbocycles. The van der Waals surface area contributed by atoms with Gasteiger partial charge in [0, 0.05) is 24.2 Å². The third kappa shape index (κ3) is 3.67. The molecule has 0 saturated heterocycles. The molecule has 0 spiro atoms. The van der Waals surface area contributed by atoms with Crippen LogP contribution < -0.4 is 10.6 Å². The van der Waals surface area contributed by atoms with Gasteiger partial charge in [0.15, 0.2) is 9.84 Å². The van der Waals surface area contributed by atoms with E-state index in [4.69, 9.17) is 0 Å². The Labute approximate surface area is 117 Å². The van der Waals surface area contributed by atoms with E-state index in [1.54, 1.807) is 18.5 Å². The molecule has 0 bridgehead atoms. The van der Waals surface area contributed by atoms with Crippen molar-refractivity contribution in [2.45, 2.75) is 17.9 Å². The van der Waals surface area contributed by atoms with Crippen LogP contribution in [0.15, 0.2) is 47.3 Å². The number of nitrogens with zero attached hydrogens (tertiary/aromatic N) is 1. The van der Waals surface area contributed by atoms with Crippen molar-refractivity contribution in [1.29, 1.82) is 0 Å².